The van der Waals surface area contributed by atoms with E-state index in [0.717, 1.165) is 25.8 Å². The molecule has 0 aromatic rings. The average molecular weight is 290 g/mol. The summed E-state index contributed by atoms with van der Waals surface area (Å²) in [6, 6.07) is 0.419. The van der Waals surface area contributed by atoms with E-state index in [1.165, 1.54) is 0 Å². The van der Waals surface area contributed by atoms with Crippen LogP contribution in [0.2, 0.25) is 0 Å². The van der Waals surface area contributed by atoms with Crippen LogP contribution in [0.5, 0.6) is 0 Å². The minimum Gasteiger partial charge on any atom is -0.314 e. The first-order chi connectivity index (χ1) is 8.79. The molecule has 0 aromatic heterocycles. The molecule has 1 saturated heterocycles. The second-order valence-corrected chi connectivity index (χ2v) is 8.43. The van der Waals surface area contributed by atoms with Gasteiger partial charge in [0.15, 0.2) is 0 Å². The standard InChI is InChI=1S/C14H30N2O2S/c1-5-14(4)7-10-16(11-8-14)19(17,18)12-6-9-15-13(2)3/h13,15H,5-12H2,1-4H3. The Morgan fingerprint density at radius 1 is 1.26 bits per heavy atom. The van der Waals surface area contributed by atoms with Gasteiger partial charge in [0.05, 0.1) is 5.75 Å². The maximum absolute atomic E-state index is 12.2. The summed E-state index contributed by atoms with van der Waals surface area (Å²) in [5.41, 5.74) is 0.339. The zero-order chi connectivity index (χ0) is 14.5. The van der Waals surface area contributed by atoms with Gasteiger partial charge in [-0.05, 0) is 31.2 Å². The van der Waals surface area contributed by atoms with Gasteiger partial charge in [-0.15, -0.1) is 0 Å². The Hall–Kier alpha value is -0.130. The van der Waals surface area contributed by atoms with E-state index in [2.05, 4.69) is 33.0 Å². The molecule has 1 heterocycles. The van der Waals surface area contributed by atoms with Crippen LogP contribution in [0.15, 0.2) is 0 Å². The van der Waals surface area contributed by atoms with Gasteiger partial charge in [0, 0.05) is 19.1 Å². The summed E-state index contributed by atoms with van der Waals surface area (Å²) in [5, 5.41) is 3.26. The normalized spacial score (nSPS) is 20.9. The second kappa shape index (κ2) is 7.04. The van der Waals surface area contributed by atoms with Crippen molar-refractivity contribution in [3.63, 3.8) is 0 Å². The SMILES string of the molecule is CCC1(C)CCN(S(=O)(=O)CCCNC(C)C)CC1. The Balaban J connectivity index is 2.38. The molecule has 114 valence electrons. The highest BCUT2D eigenvalue weighted by Gasteiger charge is 2.33. The third-order valence-electron chi connectivity index (χ3n) is 4.31. The van der Waals surface area contributed by atoms with Crippen molar-refractivity contribution < 1.29 is 8.42 Å². The van der Waals surface area contributed by atoms with Gasteiger partial charge in [0.2, 0.25) is 10.0 Å². The van der Waals surface area contributed by atoms with E-state index >= 15 is 0 Å². The highest BCUT2D eigenvalue weighted by Crippen LogP contribution is 2.34. The van der Waals surface area contributed by atoms with Crippen molar-refractivity contribution in [2.24, 2.45) is 5.41 Å². The van der Waals surface area contributed by atoms with Crippen LogP contribution in [-0.4, -0.2) is 44.2 Å². The van der Waals surface area contributed by atoms with Crippen molar-refractivity contribution in [3.05, 3.63) is 0 Å². The summed E-state index contributed by atoms with van der Waals surface area (Å²) in [6.07, 6.45) is 3.82. The van der Waals surface area contributed by atoms with Gasteiger partial charge in [0.25, 0.3) is 0 Å². The largest absolute Gasteiger partial charge is 0.314 e. The lowest BCUT2D eigenvalue weighted by molar-refractivity contribution is 0.169. The van der Waals surface area contributed by atoms with Crippen LogP contribution < -0.4 is 5.32 Å². The molecule has 4 nitrogen and oxygen atoms in total. The van der Waals surface area contributed by atoms with Crippen molar-refractivity contribution in [1.82, 2.24) is 9.62 Å². The van der Waals surface area contributed by atoms with Crippen LogP contribution in [0.1, 0.15) is 53.4 Å². The molecular weight excluding hydrogens is 260 g/mol. The summed E-state index contributed by atoms with van der Waals surface area (Å²) in [5.74, 6) is 0.273. The highest BCUT2D eigenvalue weighted by molar-refractivity contribution is 7.89. The molecule has 0 bridgehead atoms. The molecule has 1 fully saturated rings. The van der Waals surface area contributed by atoms with Crippen LogP contribution in [0.3, 0.4) is 0 Å². The Morgan fingerprint density at radius 3 is 2.32 bits per heavy atom. The second-order valence-electron chi connectivity index (χ2n) is 6.34. The lowest BCUT2D eigenvalue weighted by Gasteiger charge is -2.38. The van der Waals surface area contributed by atoms with E-state index in [9.17, 15) is 8.42 Å². The van der Waals surface area contributed by atoms with Gasteiger partial charge in [-0.25, -0.2) is 12.7 Å². The van der Waals surface area contributed by atoms with Crippen molar-refractivity contribution >= 4 is 10.0 Å². The molecule has 0 spiro atoms. The Kier molecular flexibility index (Phi) is 6.27. The number of nitrogens with one attached hydrogen (secondary N) is 1. The molecule has 0 aliphatic carbocycles. The molecule has 0 aromatic carbocycles. The van der Waals surface area contributed by atoms with Gasteiger partial charge < -0.3 is 5.32 Å². The fourth-order valence-corrected chi connectivity index (χ4v) is 3.94. The predicted octanol–water partition coefficient (Wildman–Crippen LogP) is 2.22. The van der Waals surface area contributed by atoms with Crippen molar-refractivity contribution in [1.29, 1.82) is 0 Å². The Morgan fingerprint density at radius 2 is 1.84 bits per heavy atom. The van der Waals surface area contributed by atoms with E-state index in [4.69, 9.17) is 0 Å². The minimum atomic E-state index is -3.05. The zero-order valence-electron chi connectivity index (χ0n) is 12.9. The third kappa shape index (κ3) is 5.40. The molecule has 19 heavy (non-hydrogen) atoms. The summed E-state index contributed by atoms with van der Waals surface area (Å²) >= 11 is 0. The van der Waals surface area contributed by atoms with E-state index in [0.29, 0.717) is 31.0 Å². The van der Waals surface area contributed by atoms with Gasteiger partial charge in [-0.3, -0.25) is 0 Å². The highest BCUT2D eigenvalue weighted by atomic mass is 32.2. The minimum absolute atomic E-state index is 0.273. The van der Waals surface area contributed by atoms with Gasteiger partial charge in [0.1, 0.15) is 0 Å². The van der Waals surface area contributed by atoms with Crippen LogP contribution in [-0.2, 0) is 10.0 Å². The van der Waals surface area contributed by atoms with Gasteiger partial charge in [-0.1, -0.05) is 34.1 Å². The first-order valence-electron chi connectivity index (χ1n) is 7.50. The maximum Gasteiger partial charge on any atom is 0.214 e. The van der Waals surface area contributed by atoms with Crippen LogP contribution in [0.25, 0.3) is 0 Å². The van der Waals surface area contributed by atoms with Crippen LogP contribution in [0, 0.1) is 5.41 Å². The summed E-state index contributed by atoms with van der Waals surface area (Å²) in [4.78, 5) is 0. The Labute approximate surface area is 119 Å². The van der Waals surface area contributed by atoms with E-state index in [-0.39, 0.29) is 5.75 Å². The molecule has 0 unspecified atom stereocenters. The molecule has 0 amide bonds. The van der Waals surface area contributed by atoms with Gasteiger partial charge >= 0.3 is 0 Å². The first kappa shape index (κ1) is 16.9. The molecule has 1 aliphatic rings. The lowest BCUT2D eigenvalue weighted by Crippen LogP contribution is -2.43. The fourth-order valence-electron chi connectivity index (χ4n) is 2.43. The molecule has 1 rings (SSSR count). The number of rotatable bonds is 7. The molecular formula is C14H30N2O2S. The summed E-state index contributed by atoms with van der Waals surface area (Å²) < 4.78 is 26.1. The quantitative estimate of drug-likeness (QED) is 0.731. The van der Waals surface area contributed by atoms with E-state index in [1.54, 1.807) is 4.31 Å². The average Bonchev–Trinajstić information content (AvgIpc) is 2.35. The maximum atomic E-state index is 12.2. The number of sulfonamides is 1. The zero-order valence-corrected chi connectivity index (χ0v) is 13.7. The summed E-state index contributed by atoms with van der Waals surface area (Å²) in [7, 11) is -3.05. The number of hydrogen-bond donors (Lipinski definition) is 1. The van der Waals surface area contributed by atoms with E-state index < -0.39 is 10.0 Å². The smallest absolute Gasteiger partial charge is 0.214 e. The monoisotopic (exact) mass is 290 g/mol. The Bertz CT molecular complexity index is 358. The summed E-state index contributed by atoms with van der Waals surface area (Å²) in [6.45, 7) is 10.8. The van der Waals surface area contributed by atoms with Crippen LogP contribution >= 0.6 is 0 Å². The van der Waals surface area contributed by atoms with Crippen LogP contribution in [0.4, 0.5) is 0 Å². The van der Waals surface area contributed by atoms with Crippen molar-refractivity contribution in [2.75, 3.05) is 25.4 Å². The number of nitrogens with zero attached hydrogens (tertiary/aromatic N) is 1. The lowest BCUT2D eigenvalue weighted by atomic mass is 9.79. The van der Waals surface area contributed by atoms with E-state index in [1.807, 2.05) is 0 Å². The van der Waals surface area contributed by atoms with Crippen molar-refractivity contribution in [2.45, 2.75) is 59.4 Å². The molecule has 0 radical (unpaired) electrons. The topological polar surface area (TPSA) is 49.4 Å². The molecule has 0 saturated carbocycles. The molecule has 1 aliphatic heterocycles. The molecule has 0 atom stereocenters. The third-order valence-corrected chi connectivity index (χ3v) is 6.26. The van der Waals surface area contributed by atoms with Gasteiger partial charge in [-0.2, -0.15) is 0 Å². The predicted molar refractivity (Wildman–Crippen MR) is 80.7 cm³/mol. The first-order valence-corrected chi connectivity index (χ1v) is 9.11. The molecule has 1 N–H and O–H groups in total. The fraction of sp³-hybridized carbons (Fsp3) is 1.00. The number of piperidine rings is 1. The molecule has 5 heteroatoms. The number of hydrogen-bond acceptors (Lipinski definition) is 3. The van der Waals surface area contributed by atoms with Crippen molar-refractivity contribution in [3.8, 4) is 0 Å².